The third kappa shape index (κ3) is 4.13. The molecule has 0 saturated heterocycles. The van der Waals surface area contributed by atoms with Crippen LogP contribution < -0.4 is 15.4 Å². The second kappa shape index (κ2) is 7.77. The number of aromatic nitrogens is 2. The van der Waals surface area contributed by atoms with E-state index in [-0.39, 0.29) is 5.91 Å². The molecule has 1 aromatic heterocycles. The molecule has 3 aromatic rings. The molecule has 7 heteroatoms. The van der Waals surface area contributed by atoms with Gasteiger partial charge in [-0.25, -0.2) is 0 Å². The second-order valence-corrected chi connectivity index (χ2v) is 5.30. The van der Waals surface area contributed by atoms with Crippen LogP contribution in [0.25, 0.3) is 0 Å². The van der Waals surface area contributed by atoms with Gasteiger partial charge in [0.25, 0.3) is 5.91 Å². The fraction of sp³-hybridized carbons (Fsp3) is 0.0526. The number of anilines is 3. The highest BCUT2D eigenvalue weighted by atomic mass is 16.5. The minimum Gasteiger partial charge on any atom is -0.497 e. The predicted molar refractivity (Wildman–Crippen MR) is 97.4 cm³/mol. The van der Waals surface area contributed by atoms with E-state index in [1.165, 1.54) is 0 Å². The van der Waals surface area contributed by atoms with E-state index in [0.717, 1.165) is 5.69 Å². The lowest BCUT2D eigenvalue weighted by molar-refractivity contribution is 0.102. The van der Waals surface area contributed by atoms with Gasteiger partial charge >= 0.3 is 0 Å². The quantitative estimate of drug-likeness (QED) is 0.735. The van der Waals surface area contributed by atoms with Gasteiger partial charge in [0.05, 0.1) is 18.7 Å². The highest BCUT2D eigenvalue weighted by Crippen LogP contribution is 2.17. The summed E-state index contributed by atoms with van der Waals surface area (Å²) in [5, 5.41) is 22.6. The lowest BCUT2D eigenvalue weighted by Gasteiger charge is -2.07. The fourth-order valence-corrected chi connectivity index (χ4v) is 2.19. The van der Waals surface area contributed by atoms with Gasteiger partial charge in [-0.05, 0) is 54.6 Å². The van der Waals surface area contributed by atoms with Crippen molar-refractivity contribution < 1.29 is 9.53 Å². The van der Waals surface area contributed by atoms with Crippen LogP contribution in [0.15, 0.2) is 60.7 Å². The SMILES string of the molecule is COc1cccc(C(=O)Nc2ccc(Nc3ccc(C#N)cc3)nn2)c1. The smallest absolute Gasteiger partial charge is 0.256 e. The standard InChI is InChI=1S/C19H15N5O2/c1-26-16-4-2-3-14(11-16)19(25)22-18-10-9-17(23-24-18)21-15-7-5-13(12-20)6-8-15/h2-11H,1H3,(H,21,23)(H,22,24,25). The Morgan fingerprint density at radius 2 is 1.77 bits per heavy atom. The molecule has 128 valence electrons. The van der Waals surface area contributed by atoms with E-state index in [9.17, 15) is 4.79 Å². The minimum absolute atomic E-state index is 0.300. The van der Waals surface area contributed by atoms with Crippen LogP contribution >= 0.6 is 0 Å². The van der Waals surface area contributed by atoms with Gasteiger partial charge in [0.2, 0.25) is 0 Å². The Morgan fingerprint density at radius 3 is 2.42 bits per heavy atom. The molecule has 0 saturated carbocycles. The molecule has 0 aliphatic rings. The number of hydrogen-bond donors (Lipinski definition) is 2. The number of carbonyl (C=O) groups excluding carboxylic acids is 1. The Morgan fingerprint density at radius 1 is 1.04 bits per heavy atom. The average molecular weight is 345 g/mol. The Bertz CT molecular complexity index is 947. The van der Waals surface area contributed by atoms with Crippen molar-refractivity contribution in [3.05, 3.63) is 71.8 Å². The number of nitriles is 1. The first-order valence-electron chi connectivity index (χ1n) is 7.74. The lowest BCUT2D eigenvalue weighted by Crippen LogP contribution is -2.13. The van der Waals surface area contributed by atoms with Crippen LogP contribution in [-0.2, 0) is 0 Å². The summed E-state index contributed by atoms with van der Waals surface area (Å²) in [6, 6.07) is 19.2. The summed E-state index contributed by atoms with van der Waals surface area (Å²) < 4.78 is 5.11. The number of amides is 1. The largest absolute Gasteiger partial charge is 0.497 e. The Hall–Kier alpha value is -3.92. The van der Waals surface area contributed by atoms with Gasteiger partial charge in [-0.1, -0.05) is 6.07 Å². The van der Waals surface area contributed by atoms with Crippen molar-refractivity contribution in [3.63, 3.8) is 0 Å². The van der Waals surface area contributed by atoms with Gasteiger partial charge in [-0.2, -0.15) is 5.26 Å². The van der Waals surface area contributed by atoms with Gasteiger partial charge in [-0.15, -0.1) is 10.2 Å². The number of carbonyl (C=O) groups is 1. The van der Waals surface area contributed by atoms with Crippen LogP contribution in [-0.4, -0.2) is 23.2 Å². The van der Waals surface area contributed by atoms with Crippen molar-refractivity contribution in [3.8, 4) is 11.8 Å². The van der Waals surface area contributed by atoms with Crippen molar-refractivity contribution in [1.29, 1.82) is 5.26 Å². The zero-order chi connectivity index (χ0) is 18.4. The van der Waals surface area contributed by atoms with Gasteiger partial charge in [0, 0.05) is 11.3 Å². The van der Waals surface area contributed by atoms with Crippen LogP contribution in [0, 0.1) is 11.3 Å². The highest BCUT2D eigenvalue weighted by molar-refractivity contribution is 6.03. The monoisotopic (exact) mass is 345 g/mol. The molecule has 0 spiro atoms. The number of nitrogens with zero attached hydrogens (tertiary/aromatic N) is 3. The topological polar surface area (TPSA) is 99.9 Å². The molecule has 0 bridgehead atoms. The maximum absolute atomic E-state index is 12.2. The summed E-state index contributed by atoms with van der Waals surface area (Å²) in [4.78, 5) is 12.2. The second-order valence-electron chi connectivity index (χ2n) is 5.30. The number of benzene rings is 2. The Kier molecular flexibility index (Phi) is 5.05. The van der Waals surface area contributed by atoms with Gasteiger partial charge in [0.15, 0.2) is 11.6 Å². The molecule has 0 aliphatic heterocycles. The summed E-state index contributed by atoms with van der Waals surface area (Å²) in [6.45, 7) is 0. The molecule has 1 amide bonds. The molecule has 1 heterocycles. The molecular formula is C19H15N5O2. The molecule has 0 fully saturated rings. The molecule has 0 unspecified atom stereocenters. The Balaban J connectivity index is 1.65. The average Bonchev–Trinajstić information content (AvgIpc) is 2.70. The third-order valence-electron chi connectivity index (χ3n) is 3.52. The normalized spacial score (nSPS) is 9.85. The van der Waals surface area contributed by atoms with E-state index in [1.807, 2.05) is 0 Å². The summed E-state index contributed by atoms with van der Waals surface area (Å²) in [6.07, 6.45) is 0. The third-order valence-corrected chi connectivity index (χ3v) is 3.52. The van der Waals surface area contributed by atoms with Crippen molar-refractivity contribution in [2.24, 2.45) is 0 Å². The number of methoxy groups -OCH3 is 1. The minimum atomic E-state index is -0.300. The Labute approximate surface area is 150 Å². The lowest BCUT2D eigenvalue weighted by atomic mass is 10.2. The zero-order valence-corrected chi connectivity index (χ0v) is 13.9. The fourth-order valence-electron chi connectivity index (χ4n) is 2.19. The van der Waals surface area contributed by atoms with Crippen LogP contribution in [0.2, 0.25) is 0 Å². The van der Waals surface area contributed by atoms with E-state index in [2.05, 4.69) is 26.9 Å². The first-order valence-corrected chi connectivity index (χ1v) is 7.74. The molecule has 0 aliphatic carbocycles. The number of nitrogens with one attached hydrogen (secondary N) is 2. The molecule has 0 atom stereocenters. The van der Waals surface area contributed by atoms with E-state index in [4.69, 9.17) is 10.00 Å². The number of ether oxygens (including phenoxy) is 1. The van der Waals surface area contributed by atoms with Crippen LogP contribution in [0.5, 0.6) is 5.75 Å². The molecule has 0 radical (unpaired) electrons. The van der Waals surface area contributed by atoms with Crippen LogP contribution in [0.4, 0.5) is 17.3 Å². The van der Waals surface area contributed by atoms with E-state index < -0.39 is 0 Å². The van der Waals surface area contributed by atoms with Gasteiger partial charge in [0.1, 0.15) is 5.75 Å². The molecule has 26 heavy (non-hydrogen) atoms. The van der Waals surface area contributed by atoms with Crippen molar-refractivity contribution in [2.75, 3.05) is 17.7 Å². The van der Waals surface area contributed by atoms with Crippen molar-refractivity contribution in [2.45, 2.75) is 0 Å². The van der Waals surface area contributed by atoms with Crippen molar-refractivity contribution >= 4 is 23.2 Å². The summed E-state index contributed by atoms with van der Waals surface area (Å²) in [5.74, 6) is 1.16. The number of hydrogen-bond acceptors (Lipinski definition) is 6. The van der Waals surface area contributed by atoms with E-state index >= 15 is 0 Å². The summed E-state index contributed by atoms with van der Waals surface area (Å²) >= 11 is 0. The van der Waals surface area contributed by atoms with Gasteiger partial charge < -0.3 is 15.4 Å². The summed E-state index contributed by atoms with van der Waals surface area (Å²) in [7, 11) is 1.54. The van der Waals surface area contributed by atoms with Crippen LogP contribution in [0.3, 0.4) is 0 Å². The first kappa shape index (κ1) is 16.9. The molecule has 2 aromatic carbocycles. The maximum Gasteiger partial charge on any atom is 0.256 e. The maximum atomic E-state index is 12.2. The predicted octanol–water partition coefficient (Wildman–Crippen LogP) is 3.35. The first-order chi connectivity index (χ1) is 12.7. The molecular weight excluding hydrogens is 330 g/mol. The van der Waals surface area contributed by atoms with E-state index in [0.29, 0.717) is 28.5 Å². The van der Waals surface area contributed by atoms with Gasteiger partial charge in [-0.3, -0.25) is 4.79 Å². The highest BCUT2D eigenvalue weighted by Gasteiger charge is 2.08. The number of rotatable bonds is 5. The van der Waals surface area contributed by atoms with Crippen LogP contribution in [0.1, 0.15) is 15.9 Å². The summed E-state index contributed by atoms with van der Waals surface area (Å²) in [5.41, 5.74) is 1.83. The zero-order valence-electron chi connectivity index (χ0n) is 13.9. The molecule has 3 rings (SSSR count). The van der Waals surface area contributed by atoms with E-state index in [1.54, 1.807) is 67.8 Å². The van der Waals surface area contributed by atoms with Crippen molar-refractivity contribution in [1.82, 2.24) is 10.2 Å². The molecule has 2 N–H and O–H groups in total. The molecule has 7 nitrogen and oxygen atoms in total.